The number of carboxylic acids is 1. The first-order valence-electron chi connectivity index (χ1n) is 5.37. The fourth-order valence-electron chi connectivity index (χ4n) is 1.49. The number of benzene rings is 1. The molecule has 0 spiro atoms. The largest absolute Gasteiger partial charge is 0.478 e. The average molecular weight is 263 g/mol. The van der Waals surface area contributed by atoms with Gasteiger partial charge in [0.2, 0.25) is 0 Å². The second kappa shape index (κ2) is 4.93. The summed E-state index contributed by atoms with van der Waals surface area (Å²) in [5, 5.41) is 11.2. The van der Waals surface area contributed by atoms with Crippen molar-refractivity contribution in [2.75, 3.05) is 5.32 Å². The summed E-state index contributed by atoms with van der Waals surface area (Å²) in [6.45, 7) is 1.52. The first-order chi connectivity index (χ1) is 8.99. The van der Waals surface area contributed by atoms with Gasteiger partial charge < -0.3 is 14.8 Å². The standard InChI is InChI=1S/C13H10FNO4/c1-7-9(14)3-2-4-10(7)15-12(16)11-5-8(6-19-11)13(17)18/h2-6H,1H3,(H,15,16)(H,17,18). The summed E-state index contributed by atoms with van der Waals surface area (Å²) in [4.78, 5) is 22.4. The van der Waals surface area contributed by atoms with Crippen molar-refractivity contribution in [1.82, 2.24) is 0 Å². The number of carbonyl (C=O) groups is 2. The summed E-state index contributed by atoms with van der Waals surface area (Å²) in [6, 6.07) is 5.38. The van der Waals surface area contributed by atoms with E-state index in [0.29, 0.717) is 11.3 Å². The van der Waals surface area contributed by atoms with Crippen LogP contribution in [0.4, 0.5) is 10.1 Å². The Balaban J connectivity index is 2.21. The number of carbonyl (C=O) groups excluding carboxylic acids is 1. The number of hydrogen-bond donors (Lipinski definition) is 2. The first-order valence-corrected chi connectivity index (χ1v) is 5.37. The van der Waals surface area contributed by atoms with Gasteiger partial charge in [-0.25, -0.2) is 9.18 Å². The number of carboxylic acid groups (broad SMARTS) is 1. The van der Waals surface area contributed by atoms with Crippen molar-refractivity contribution >= 4 is 17.6 Å². The van der Waals surface area contributed by atoms with Crippen LogP contribution in [0.2, 0.25) is 0 Å². The van der Waals surface area contributed by atoms with Crippen LogP contribution in [0.3, 0.4) is 0 Å². The maximum Gasteiger partial charge on any atom is 0.338 e. The van der Waals surface area contributed by atoms with Crippen LogP contribution >= 0.6 is 0 Å². The summed E-state index contributed by atoms with van der Waals surface area (Å²) in [5.74, 6) is -2.42. The molecule has 0 aliphatic carbocycles. The van der Waals surface area contributed by atoms with Crippen LogP contribution in [0.1, 0.15) is 26.5 Å². The van der Waals surface area contributed by atoms with E-state index in [1.54, 1.807) is 0 Å². The number of furan rings is 1. The zero-order valence-corrected chi connectivity index (χ0v) is 9.94. The number of amides is 1. The molecule has 2 N–H and O–H groups in total. The van der Waals surface area contributed by atoms with Gasteiger partial charge in [-0.2, -0.15) is 0 Å². The normalized spacial score (nSPS) is 10.2. The second-order valence-corrected chi connectivity index (χ2v) is 3.87. The molecule has 98 valence electrons. The highest BCUT2D eigenvalue weighted by atomic mass is 19.1. The van der Waals surface area contributed by atoms with E-state index >= 15 is 0 Å². The molecular formula is C13H10FNO4. The molecule has 0 aliphatic rings. The highest BCUT2D eigenvalue weighted by molar-refractivity contribution is 6.04. The van der Waals surface area contributed by atoms with E-state index in [1.807, 2.05) is 0 Å². The fraction of sp³-hybridized carbons (Fsp3) is 0.0769. The van der Waals surface area contributed by atoms with E-state index in [-0.39, 0.29) is 11.3 Å². The van der Waals surface area contributed by atoms with Crippen molar-refractivity contribution in [3.05, 3.63) is 53.2 Å². The molecule has 1 heterocycles. The molecule has 5 nitrogen and oxygen atoms in total. The Morgan fingerprint density at radius 1 is 1.37 bits per heavy atom. The molecular weight excluding hydrogens is 253 g/mol. The predicted octanol–water partition coefficient (Wildman–Crippen LogP) is 2.68. The Morgan fingerprint density at radius 2 is 2.11 bits per heavy atom. The van der Waals surface area contributed by atoms with Crippen molar-refractivity contribution in [2.45, 2.75) is 6.92 Å². The lowest BCUT2D eigenvalue weighted by Crippen LogP contribution is -2.12. The molecule has 0 bridgehead atoms. The van der Waals surface area contributed by atoms with Gasteiger partial charge in [0, 0.05) is 17.3 Å². The summed E-state index contributed by atoms with van der Waals surface area (Å²) in [7, 11) is 0. The molecule has 2 rings (SSSR count). The maximum atomic E-state index is 13.3. The quantitative estimate of drug-likeness (QED) is 0.892. The van der Waals surface area contributed by atoms with Crippen molar-refractivity contribution in [3.63, 3.8) is 0 Å². The molecule has 0 fully saturated rings. The Bertz CT molecular complexity index is 648. The molecule has 0 unspecified atom stereocenters. The first kappa shape index (κ1) is 12.8. The molecule has 2 aromatic rings. The minimum atomic E-state index is -1.19. The smallest absolute Gasteiger partial charge is 0.338 e. The summed E-state index contributed by atoms with van der Waals surface area (Å²) >= 11 is 0. The molecule has 0 radical (unpaired) electrons. The molecule has 1 aromatic carbocycles. The number of nitrogens with one attached hydrogen (secondary N) is 1. The predicted molar refractivity (Wildman–Crippen MR) is 64.8 cm³/mol. The summed E-state index contributed by atoms with van der Waals surface area (Å²) in [5.41, 5.74) is 0.472. The van der Waals surface area contributed by atoms with Crippen LogP contribution in [-0.2, 0) is 0 Å². The summed E-state index contributed by atoms with van der Waals surface area (Å²) in [6.07, 6.45) is 0.968. The number of aromatic carboxylic acids is 1. The number of rotatable bonds is 3. The van der Waals surface area contributed by atoms with Gasteiger partial charge in [0.05, 0.1) is 5.56 Å². The zero-order chi connectivity index (χ0) is 14.0. The summed E-state index contributed by atoms with van der Waals surface area (Å²) < 4.78 is 18.1. The topological polar surface area (TPSA) is 79.5 Å². The van der Waals surface area contributed by atoms with E-state index in [0.717, 1.165) is 12.3 Å². The number of hydrogen-bond acceptors (Lipinski definition) is 3. The van der Waals surface area contributed by atoms with Crippen LogP contribution < -0.4 is 5.32 Å². The molecule has 0 saturated carbocycles. The van der Waals surface area contributed by atoms with E-state index in [2.05, 4.69) is 5.32 Å². The second-order valence-electron chi connectivity index (χ2n) is 3.87. The minimum absolute atomic E-state index is 0.124. The van der Waals surface area contributed by atoms with Gasteiger partial charge in [-0.05, 0) is 19.1 Å². The molecule has 1 aromatic heterocycles. The van der Waals surface area contributed by atoms with Gasteiger partial charge in [0.25, 0.3) is 5.91 Å². The molecule has 0 saturated heterocycles. The van der Waals surface area contributed by atoms with Crippen LogP contribution in [0, 0.1) is 12.7 Å². The fourth-order valence-corrected chi connectivity index (χ4v) is 1.49. The minimum Gasteiger partial charge on any atom is -0.478 e. The lowest BCUT2D eigenvalue weighted by molar-refractivity contribution is 0.0696. The lowest BCUT2D eigenvalue weighted by Gasteiger charge is -2.07. The zero-order valence-electron chi connectivity index (χ0n) is 9.94. The third-order valence-corrected chi connectivity index (χ3v) is 2.59. The average Bonchev–Trinajstić information content (AvgIpc) is 2.84. The van der Waals surface area contributed by atoms with Crippen LogP contribution in [0.5, 0.6) is 0 Å². The number of halogens is 1. The van der Waals surface area contributed by atoms with Crippen molar-refractivity contribution in [1.29, 1.82) is 0 Å². The lowest BCUT2D eigenvalue weighted by atomic mass is 10.2. The van der Waals surface area contributed by atoms with E-state index in [4.69, 9.17) is 9.52 Å². The van der Waals surface area contributed by atoms with Gasteiger partial charge in [-0.3, -0.25) is 4.79 Å². The highest BCUT2D eigenvalue weighted by Gasteiger charge is 2.16. The maximum absolute atomic E-state index is 13.3. The van der Waals surface area contributed by atoms with E-state index in [9.17, 15) is 14.0 Å². The van der Waals surface area contributed by atoms with Crippen molar-refractivity contribution < 1.29 is 23.5 Å². The molecule has 6 heteroatoms. The van der Waals surface area contributed by atoms with Gasteiger partial charge in [-0.15, -0.1) is 0 Å². The SMILES string of the molecule is Cc1c(F)cccc1NC(=O)c1cc(C(=O)O)co1. The van der Waals surface area contributed by atoms with Crippen LogP contribution in [0.15, 0.2) is 34.9 Å². The third kappa shape index (κ3) is 2.62. The van der Waals surface area contributed by atoms with E-state index in [1.165, 1.54) is 25.1 Å². The number of anilines is 1. The van der Waals surface area contributed by atoms with Crippen LogP contribution in [-0.4, -0.2) is 17.0 Å². The monoisotopic (exact) mass is 263 g/mol. The van der Waals surface area contributed by atoms with Gasteiger partial charge in [0.1, 0.15) is 12.1 Å². The van der Waals surface area contributed by atoms with Crippen molar-refractivity contribution in [2.24, 2.45) is 0 Å². The molecule has 0 atom stereocenters. The molecule has 19 heavy (non-hydrogen) atoms. The Hall–Kier alpha value is -2.63. The van der Waals surface area contributed by atoms with Crippen LogP contribution in [0.25, 0.3) is 0 Å². The van der Waals surface area contributed by atoms with E-state index < -0.39 is 17.7 Å². The van der Waals surface area contributed by atoms with Gasteiger partial charge in [-0.1, -0.05) is 6.07 Å². The van der Waals surface area contributed by atoms with Gasteiger partial charge >= 0.3 is 5.97 Å². The Labute approximate surface area is 107 Å². The molecule has 0 aliphatic heterocycles. The Kier molecular flexibility index (Phi) is 3.33. The highest BCUT2D eigenvalue weighted by Crippen LogP contribution is 2.19. The van der Waals surface area contributed by atoms with Gasteiger partial charge in [0.15, 0.2) is 5.76 Å². The Morgan fingerprint density at radius 3 is 2.74 bits per heavy atom. The third-order valence-electron chi connectivity index (χ3n) is 2.59. The molecule has 1 amide bonds. The van der Waals surface area contributed by atoms with Crippen molar-refractivity contribution in [3.8, 4) is 0 Å².